The van der Waals surface area contributed by atoms with Crippen LogP contribution in [0.25, 0.3) is 0 Å². The Bertz CT molecular complexity index is 802. The average molecular weight is 366 g/mol. The summed E-state index contributed by atoms with van der Waals surface area (Å²) in [5.74, 6) is 2.06. The largest absolute Gasteiger partial charge is 0.351 e. The molecular weight excluding hydrogens is 344 g/mol. The van der Waals surface area contributed by atoms with Gasteiger partial charge in [-0.15, -0.1) is 17.8 Å². The van der Waals surface area contributed by atoms with Crippen molar-refractivity contribution >= 4 is 23.2 Å². The van der Waals surface area contributed by atoms with Gasteiger partial charge in [-0.2, -0.15) is 0 Å². The Morgan fingerprint density at radius 3 is 2.65 bits per heavy atom. The van der Waals surface area contributed by atoms with E-state index in [4.69, 9.17) is 6.42 Å². The standard InChI is InChI=1S/C21H22N2O2S/c1-2-15-8-6-9-16(14-15)20(24)23-19(18-12-7-13-26-18)21(25)22-17-10-4-3-5-11-17/h1,6-9,12-14,17,19H,3-5,10-11H2,(H,22,25)(H,23,24). The molecule has 1 aromatic carbocycles. The van der Waals surface area contributed by atoms with Gasteiger partial charge in [-0.3, -0.25) is 9.59 Å². The van der Waals surface area contributed by atoms with Gasteiger partial charge >= 0.3 is 0 Å². The molecule has 2 aromatic rings. The maximum atomic E-state index is 12.8. The summed E-state index contributed by atoms with van der Waals surface area (Å²) in [5, 5.41) is 7.88. The highest BCUT2D eigenvalue weighted by atomic mass is 32.1. The molecule has 2 amide bonds. The molecule has 1 saturated carbocycles. The summed E-state index contributed by atoms with van der Waals surface area (Å²) in [6.45, 7) is 0. The first-order valence-electron chi connectivity index (χ1n) is 8.88. The summed E-state index contributed by atoms with van der Waals surface area (Å²) in [6.07, 6.45) is 10.9. The predicted molar refractivity (Wildman–Crippen MR) is 104 cm³/mol. The van der Waals surface area contributed by atoms with Crippen molar-refractivity contribution in [2.24, 2.45) is 0 Å². The van der Waals surface area contributed by atoms with Crippen LogP contribution >= 0.6 is 11.3 Å². The molecule has 1 unspecified atom stereocenters. The van der Waals surface area contributed by atoms with Crippen LogP contribution in [-0.2, 0) is 4.79 Å². The van der Waals surface area contributed by atoms with E-state index in [1.54, 1.807) is 24.3 Å². The molecule has 1 aromatic heterocycles. The second-order valence-corrected chi connectivity index (χ2v) is 7.47. The smallest absolute Gasteiger partial charge is 0.252 e. The topological polar surface area (TPSA) is 58.2 Å². The lowest BCUT2D eigenvalue weighted by molar-refractivity contribution is -0.124. The summed E-state index contributed by atoms with van der Waals surface area (Å²) < 4.78 is 0. The minimum Gasteiger partial charge on any atom is -0.351 e. The zero-order valence-electron chi connectivity index (χ0n) is 14.5. The highest BCUT2D eigenvalue weighted by Crippen LogP contribution is 2.22. The van der Waals surface area contributed by atoms with Crippen LogP contribution in [-0.4, -0.2) is 17.9 Å². The number of hydrogen-bond donors (Lipinski definition) is 2. The molecule has 0 saturated heterocycles. The van der Waals surface area contributed by atoms with E-state index in [1.807, 2.05) is 17.5 Å². The molecule has 0 bridgehead atoms. The number of benzene rings is 1. The number of carbonyl (C=O) groups is 2. The molecule has 26 heavy (non-hydrogen) atoms. The van der Waals surface area contributed by atoms with Crippen molar-refractivity contribution in [2.75, 3.05) is 0 Å². The predicted octanol–water partition coefficient (Wildman–Crippen LogP) is 3.65. The fourth-order valence-electron chi connectivity index (χ4n) is 3.22. The minimum absolute atomic E-state index is 0.152. The fourth-order valence-corrected chi connectivity index (χ4v) is 3.99. The molecule has 1 heterocycles. The zero-order valence-corrected chi connectivity index (χ0v) is 15.4. The normalized spacial score (nSPS) is 15.7. The van der Waals surface area contributed by atoms with E-state index in [-0.39, 0.29) is 17.9 Å². The highest BCUT2D eigenvalue weighted by Gasteiger charge is 2.26. The monoisotopic (exact) mass is 366 g/mol. The zero-order chi connectivity index (χ0) is 18.4. The van der Waals surface area contributed by atoms with Gasteiger partial charge in [0.2, 0.25) is 5.91 Å². The second-order valence-electron chi connectivity index (χ2n) is 6.49. The van der Waals surface area contributed by atoms with Crippen molar-refractivity contribution in [1.82, 2.24) is 10.6 Å². The first kappa shape index (κ1) is 18.2. The lowest BCUT2D eigenvalue weighted by Gasteiger charge is -2.25. The summed E-state index contributed by atoms with van der Waals surface area (Å²) >= 11 is 1.46. The quantitative estimate of drug-likeness (QED) is 0.794. The number of terminal acetylenes is 1. The third kappa shape index (κ3) is 4.53. The summed E-state index contributed by atoms with van der Waals surface area (Å²) in [4.78, 5) is 26.3. The van der Waals surface area contributed by atoms with Gasteiger partial charge in [0.25, 0.3) is 5.91 Å². The molecule has 0 aliphatic heterocycles. The second kappa shape index (κ2) is 8.68. The van der Waals surface area contributed by atoms with E-state index in [1.165, 1.54) is 17.8 Å². The van der Waals surface area contributed by atoms with Crippen molar-refractivity contribution in [3.05, 3.63) is 57.8 Å². The van der Waals surface area contributed by atoms with E-state index < -0.39 is 6.04 Å². The van der Waals surface area contributed by atoms with Crippen LogP contribution in [0.15, 0.2) is 41.8 Å². The summed E-state index contributed by atoms with van der Waals surface area (Å²) in [5.41, 5.74) is 1.09. The third-order valence-corrected chi connectivity index (χ3v) is 5.55. The molecule has 1 aliphatic carbocycles. The molecule has 1 atom stereocenters. The Balaban J connectivity index is 1.74. The van der Waals surface area contributed by atoms with Gasteiger partial charge in [-0.1, -0.05) is 37.3 Å². The van der Waals surface area contributed by atoms with E-state index in [0.717, 1.165) is 30.6 Å². The van der Waals surface area contributed by atoms with Crippen LogP contribution in [0.2, 0.25) is 0 Å². The number of amides is 2. The summed E-state index contributed by atoms with van der Waals surface area (Å²) in [7, 11) is 0. The van der Waals surface area contributed by atoms with Gasteiger partial charge < -0.3 is 10.6 Å². The maximum Gasteiger partial charge on any atom is 0.252 e. The van der Waals surface area contributed by atoms with E-state index in [9.17, 15) is 9.59 Å². The first-order valence-corrected chi connectivity index (χ1v) is 9.76. The Morgan fingerprint density at radius 1 is 1.15 bits per heavy atom. The Labute approximate surface area is 158 Å². The van der Waals surface area contributed by atoms with Gasteiger partial charge in [0.1, 0.15) is 6.04 Å². The lowest BCUT2D eigenvalue weighted by Crippen LogP contribution is -2.44. The molecule has 3 rings (SSSR count). The molecule has 0 radical (unpaired) electrons. The Morgan fingerprint density at radius 2 is 1.96 bits per heavy atom. The third-order valence-electron chi connectivity index (χ3n) is 4.61. The summed E-state index contributed by atoms with van der Waals surface area (Å²) in [6, 6.07) is 10.1. The molecule has 2 N–H and O–H groups in total. The number of rotatable bonds is 5. The van der Waals surface area contributed by atoms with Crippen LogP contribution in [0.5, 0.6) is 0 Å². The van der Waals surface area contributed by atoms with Crippen LogP contribution < -0.4 is 10.6 Å². The van der Waals surface area contributed by atoms with Gasteiger partial charge in [0.05, 0.1) is 0 Å². The molecule has 1 aliphatic rings. The SMILES string of the molecule is C#Cc1cccc(C(=O)NC(C(=O)NC2CCCCC2)c2cccs2)c1. The average Bonchev–Trinajstić information content (AvgIpc) is 3.21. The Kier molecular flexibility index (Phi) is 6.08. The van der Waals surface area contributed by atoms with Crippen molar-refractivity contribution in [1.29, 1.82) is 0 Å². The Hall–Kier alpha value is -2.58. The number of hydrogen-bond acceptors (Lipinski definition) is 3. The van der Waals surface area contributed by atoms with Crippen molar-refractivity contribution < 1.29 is 9.59 Å². The van der Waals surface area contributed by atoms with Gasteiger partial charge in [-0.25, -0.2) is 0 Å². The van der Waals surface area contributed by atoms with Crippen LogP contribution in [0.4, 0.5) is 0 Å². The van der Waals surface area contributed by atoms with E-state index >= 15 is 0 Å². The lowest BCUT2D eigenvalue weighted by atomic mass is 9.95. The van der Waals surface area contributed by atoms with Crippen molar-refractivity contribution in [3.8, 4) is 12.3 Å². The van der Waals surface area contributed by atoms with E-state index in [2.05, 4.69) is 16.6 Å². The number of carbonyl (C=O) groups excluding carboxylic acids is 2. The molecule has 4 nitrogen and oxygen atoms in total. The van der Waals surface area contributed by atoms with Gasteiger partial charge in [-0.05, 0) is 42.5 Å². The fraction of sp³-hybridized carbons (Fsp3) is 0.333. The minimum atomic E-state index is -0.695. The molecule has 0 spiro atoms. The van der Waals surface area contributed by atoms with Gasteiger partial charge in [0, 0.05) is 22.0 Å². The number of thiophene rings is 1. The maximum absolute atomic E-state index is 12.8. The molecule has 1 fully saturated rings. The highest BCUT2D eigenvalue weighted by molar-refractivity contribution is 7.10. The van der Waals surface area contributed by atoms with Crippen LogP contribution in [0.1, 0.15) is 58.9 Å². The van der Waals surface area contributed by atoms with Crippen LogP contribution in [0, 0.1) is 12.3 Å². The van der Waals surface area contributed by atoms with Gasteiger partial charge in [0.15, 0.2) is 0 Å². The molecule has 5 heteroatoms. The molecule has 134 valence electrons. The molecular formula is C21H22N2O2S. The van der Waals surface area contributed by atoms with Crippen molar-refractivity contribution in [3.63, 3.8) is 0 Å². The van der Waals surface area contributed by atoms with E-state index in [0.29, 0.717) is 11.1 Å². The number of nitrogens with one attached hydrogen (secondary N) is 2. The van der Waals surface area contributed by atoms with Crippen LogP contribution in [0.3, 0.4) is 0 Å². The van der Waals surface area contributed by atoms with Crippen molar-refractivity contribution in [2.45, 2.75) is 44.2 Å². The first-order chi connectivity index (χ1) is 12.7.